The molecule has 0 saturated carbocycles. The molecule has 0 N–H and O–H groups in total. The van der Waals surface area contributed by atoms with Crippen molar-refractivity contribution >= 4 is 5.69 Å². The Bertz CT molecular complexity index is 695. The third kappa shape index (κ3) is 2.90. The van der Waals surface area contributed by atoms with E-state index in [2.05, 4.69) is 0 Å². The zero-order valence-corrected chi connectivity index (χ0v) is 10.2. The summed E-state index contributed by atoms with van der Waals surface area (Å²) < 4.78 is 18.8. The molecule has 0 heterocycles. The predicted molar refractivity (Wildman–Crippen MR) is 68.5 cm³/mol. The van der Waals surface area contributed by atoms with Crippen LogP contribution >= 0.6 is 0 Å². The fraction of sp³-hybridized carbons (Fsp3) is 0.0714. The summed E-state index contributed by atoms with van der Waals surface area (Å²) >= 11 is 0. The molecule has 0 saturated heterocycles. The second-order valence-electron chi connectivity index (χ2n) is 3.93. The van der Waals surface area contributed by atoms with Crippen molar-refractivity contribution in [1.29, 1.82) is 5.26 Å². The number of non-ortho nitro benzene ring substituents is 1. The standard InChI is InChI=1S/C14H9FN2O3/c15-13-4-2-1-3-10(13)9-20-14-6-5-12(17(18)19)7-11(14)8-16/h1-7H,9H2. The highest BCUT2D eigenvalue weighted by Crippen LogP contribution is 2.24. The van der Waals surface area contributed by atoms with E-state index in [1.807, 2.05) is 6.07 Å². The molecule has 0 atom stereocenters. The molecule has 100 valence electrons. The second kappa shape index (κ2) is 5.80. The van der Waals surface area contributed by atoms with Gasteiger partial charge in [-0.3, -0.25) is 10.1 Å². The van der Waals surface area contributed by atoms with Crippen LogP contribution < -0.4 is 4.74 Å². The van der Waals surface area contributed by atoms with Crippen LogP contribution in [0.5, 0.6) is 5.75 Å². The second-order valence-corrected chi connectivity index (χ2v) is 3.93. The molecule has 0 amide bonds. The summed E-state index contributed by atoms with van der Waals surface area (Å²) in [5.41, 5.74) is 0.185. The summed E-state index contributed by atoms with van der Waals surface area (Å²) in [5.74, 6) is -0.228. The number of nitrogens with zero attached hydrogens (tertiary/aromatic N) is 2. The van der Waals surface area contributed by atoms with Gasteiger partial charge in [-0.25, -0.2) is 4.39 Å². The molecule has 0 aliphatic carbocycles. The molecule has 20 heavy (non-hydrogen) atoms. The smallest absolute Gasteiger partial charge is 0.271 e. The van der Waals surface area contributed by atoms with Crippen LogP contribution in [0.2, 0.25) is 0 Å². The van der Waals surface area contributed by atoms with Gasteiger partial charge in [0, 0.05) is 17.7 Å². The van der Waals surface area contributed by atoms with Gasteiger partial charge in [-0.1, -0.05) is 18.2 Å². The molecule has 2 aromatic rings. The number of nitro benzene ring substituents is 1. The van der Waals surface area contributed by atoms with Gasteiger partial charge in [0.1, 0.15) is 29.8 Å². The first kappa shape index (κ1) is 13.5. The molecular weight excluding hydrogens is 263 g/mol. The number of hydrogen-bond donors (Lipinski definition) is 0. The summed E-state index contributed by atoms with van der Waals surface area (Å²) in [4.78, 5) is 10.0. The minimum atomic E-state index is -0.596. The average molecular weight is 272 g/mol. The number of nitriles is 1. The lowest BCUT2D eigenvalue weighted by Gasteiger charge is -2.08. The van der Waals surface area contributed by atoms with Crippen molar-refractivity contribution in [2.75, 3.05) is 0 Å². The van der Waals surface area contributed by atoms with Gasteiger partial charge >= 0.3 is 0 Å². The Labute approximate surface area is 114 Å². The first-order valence-corrected chi connectivity index (χ1v) is 5.66. The maximum Gasteiger partial charge on any atom is 0.271 e. The average Bonchev–Trinajstić information content (AvgIpc) is 2.46. The lowest BCUT2D eigenvalue weighted by atomic mass is 10.2. The van der Waals surface area contributed by atoms with Gasteiger partial charge in [0.05, 0.1) is 4.92 Å². The Morgan fingerprint density at radius 2 is 2.05 bits per heavy atom. The normalized spacial score (nSPS) is 9.80. The molecule has 2 aromatic carbocycles. The zero-order valence-electron chi connectivity index (χ0n) is 10.2. The monoisotopic (exact) mass is 272 g/mol. The fourth-order valence-corrected chi connectivity index (χ4v) is 1.62. The third-order valence-electron chi connectivity index (χ3n) is 2.64. The Kier molecular flexibility index (Phi) is 3.91. The van der Waals surface area contributed by atoms with Gasteiger partial charge in [-0.15, -0.1) is 0 Å². The van der Waals surface area contributed by atoms with Crippen LogP contribution in [0.15, 0.2) is 42.5 Å². The first-order valence-electron chi connectivity index (χ1n) is 5.66. The number of rotatable bonds is 4. The number of ether oxygens (including phenoxy) is 1. The molecule has 0 spiro atoms. The maximum absolute atomic E-state index is 13.4. The quantitative estimate of drug-likeness (QED) is 0.632. The molecule has 0 radical (unpaired) electrons. The Morgan fingerprint density at radius 3 is 2.70 bits per heavy atom. The van der Waals surface area contributed by atoms with Gasteiger partial charge in [0.25, 0.3) is 5.69 Å². The third-order valence-corrected chi connectivity index (χ3v) is 2.64. The Balaban J connectivity index is 2.20. The molecular formula is C14H9FN2O3. The van der Waals surface area contributed by atoms with Crippen molar-refractivity contribution in [2.24, 2.45) is 0 Å². The SMILES string of the molecule is N#Cc1cc([N+](=O)[O-])ccc1OCc1ccccc1F. The number of benzene rings is 2. The van der Waals surface area contributed by atoms with E-state index in [0.717, 1.165) is 6.07 Å². The van der Waals surface area contributed by atoms with Gasteiger partial charge in [-0.05, 0) is 12.1 Å². The van der Waals surface area contributed by atoms with Crippen LogP contribution in [-0.2, 0) is 6.61 Å². The summed E-state index contributed by atoms with van der Waals surface area (Å²) in [6.45, 7) is -0.0564. The van der Waals surface area contributed by atoms with E-state index in [1.54, 1.807) is 18.2 Å². The molecule has 0 aliphatic rings. The molecule has 0 fully saturated rings. The van der Waals surface area contributed by atoms with Crippen LogP contribution in [0, 0.1) is 27.3 Å². The number of hydrogen-bond acceptors (Lipinski definition) is 4. The molecule has 0 aliphatic heterocycles. The maximum atomic E-state index is 13.4. The molecule has 0 aromatic heterocycles. The molecule has 5 nitrogen and oxygen atoms in total. The van der Waals surface area contributed by atoms with Crippen LogP contribution in [0.1, 0.15) is 11.1 Å². The van der Waals surface area contributed by atoms with Gasteiger partial charge < -0.3 is 4.74 Å². The number of halogens is 1. The van der Waals surface area contributed by atoms with E-state index in [1.165, 1.54) is 18.2 Å². The fourth-order valence-electron chi connectivity index (χ4n) is 1.62. The Morgan fingerprint density at radius 1 is 1.30 bits per heavy atom. The van der Waals surface area contributed by atoms with Crippen LogP contribution in [-0.4, -0.2) is 4.92 Å². The van der Waals surface area contributed by atoms with Crippen molar-refractivity contribution < 1.29 is 14.1 Å². The van der Waals surface area contributed by atoms with E-state index in [-0.39, 0.29) is 23.6 Å². The van der Waals surface area contributed by atoms with E-state index >= 15 is 0 Å². The topological polar surface area (TPSA) is 76.2 Å². The highest BCUT2D eigenvalue weighted by molar-refractivity contribution is 5.50. The van der Waals surface area contributed by atoms with E-state index in [4.69, 9.17) is 10.00 Å². The minimum Gasteiger partial charge on any atom is -0.487 e. The van der Waals surface area contributed by atoms with Crippen LogP contribution in [0.4, 0.5) is 10.1 Å². The van der Waals surface area contributed by atoms with E-state index < -0.39 is 10.7 Å². The Hall–Kier alpha value is -2.94. The molecule has 6 heteroatoms. The molecule has 0 bridgehead atoms. The van der Waals surface area contributed by atoms with E-state index in [9.17, 15) is 14.5 Å². The summed E-state index contributed by atoms with van der Waals surface area (Å²) in [6, 6.07) is 11.6. The summed E-state index contributed by atoms with van der Waals surface area (Å²) in [5, 5.41) is 19.6. The first-order chi connectivity index (χ1) is 9.61. The van der Waals surface area contributed by atoms with Crippen LogP contribution in [0.25, 0.3) is 0 Å². The van der Waals surface area contributed by atoms with Gasteiger partial charge in [0.2, 0.25) is 0 Å². The van der Waals surface area contributed by atoms with Crippen molar-refractivity contribution in [3.8, 4) is 11.8 Å². The van der Waals surface area contributed by atoms with Crippen LogP contribution in [0.3, 0.4) is 0 Å². The van der Waals surface area contributed by atoms with E-state index in [0.29, 0.717) is 5.56 Å². The lowest BCUT2D eigenvalue weighted by Crippen LogP contribution is -2.00. The summed E-state index contributed by atoms with van der Waals surface area (Å²) in [7, 11) is 0. The molecule has 0 unspecified atom stereocenters. The predicted octanol–water partition coefficient (Wildman–Crippen LogP) is 3.18. The lowest BCUT2D eigenvalue weighted by molar-refractivity contribution is -0.384. The minimum absolute atomic E-state index is 0.0375. The highest BCUT2D eigenvalue weighted by Gasteiger charge is 2.12. The van der Waals surface area contributed by atoms with Crippen molar-refractivity contribution in [3.63, 3.8) is 0 Å². The van der Waals surface area contributed by atoms with Gasteiger partial charge in [0.15, 0.2) is 0 Å². The highest BCUT2D eigenvalue weighted by atomic mass is 19.1. The van der Waals surface area contributed by atoms with Crippen molar-refractivity contribution in [3.05, 3.63) is 69.5 Å². The molecule has 2 rings (SSSR count). The summed E-state index contributed by atoms with van der Waals surface area (Å²) in [6.07, 6.45) is 0. The largest absolute Gasteiger partial charge is 0.487 e. The number of nitro groups is 1. The van der Waals surface area contributed by atoms with Crippen molar-refractivity contribution in [2.45, 2.75) is 6.61 Å². The zero-order chi connectivity index (χ0) is 14.5. The van der Waals surface area contributed by atoms with Crippen molar-refractivity contribution in [1.82, 2.24) is 0 Å². The van der Waals surface area contributed by atoms with Gasteiger partial charge in [-0.2, -0.15) is 5.26 Å².